The van der Waals surface area contributed by atoms with Gasteiger partial charge in [0.25, 0.3) is 10.1 Å². The highest BCUT2D eigenvalue weighted by molar-refractivity contribution is 7.85. The zero-order chi connectivity index (χ0) is 14.9. The molecule has 0 amide bonds. The van der Waals surface area contributed by atoms with Crippen molar-refractivity contribution in [1.29, 1.82) is 0 Å². The van der Waals surface area contributed by atoms with Crippen molar-refractivity contribution >= 4 is 16.1 Å². The molecule has 0 fully saturated rings. The van der Waals surface area contributed by atoms with Crippen molar-refractivity contribution in [3.8, 4) is 0 Å². The van der Waals surface area contributed by atoms with Gasteiger partial charge in [-0.25, -0.2) is 0 Å². The molecule has 6 nitrogen and oxygen atoms in total. The van der Waals surface area contributed by atoms with Crippen LogP contribution in [-0.4, -0.2) is 36.8 Å². The summed E-state index contributed by atoms with van der Waals surface area (Å²) in [5, 5.41) is 11.9. The number of aliphatic carboxylic acids is 1. The molecule has 1 rings (SSSR count). The van der Waals surface area contributed by atoms with Gasteiger partial charge in [0.05, 0.1) is 12.7 Å². The third-order valence-corrected chi connectivity index (χ3v) is 2.03. The molecule has 7 heteroatoms. The Labute approximate surface area is 113 Å². The molecule has 0 radical (unpaired) electrons. The molecule has 0 aromatic heterocycles. The summed E-state index contributed by atoms with van der Waals surface area (Å²) in [6.45, 7) is 2.74. The number of benzene rings is 1. The molecule has 108 valence electrons. The predicted octanol–water partition coefficient (Wildman–Crippen LogP) is 1.32. The van der Waals surface area contributed by atoms with Crippen LogP contribution in [-0.2, 0) is 14.9 Å². The maximum atomic E-state index is 10.6. The maximum absolute atomic E-state index is 10.6. The first-order valence-corrected chi connectivity index (χ1v) is 7.51. The SMILES string of the molecule is CCNC(CC(=O)O)c1ccccc1.CS(=O)(=O)O. The van der Waals surface area contributed by atoms with Crippen molar-refractivity contribution in [3.63, 3.8) is 0 Å². The van der Waals surface area contributed by atoms with Crippen molar-refractivity contribution in [2.75, 3.05) is 12.8 Å². The minimum Gasteiger partial charge on any atom is -0.481 e. The summed E-state index contributed by atoms with van der Waals surface area (Å²) in [6.07, 6.45) is 0.838. The molecule has 0 aliphatic heterocycles. The standard InChI is InChI=1S/C11H15NO2.CH4O3S/c1-2-12-10(8-11(13)14)9-6-4-3-5-7-9;1-5(2,3)4/h3-7,10,12H,2,8H2,1H3,(H,13,14);1H3,(H,2,3,4). The van der Waals surface area contributed by atoms with Gasteiger partial charge in [-0.2, -0.15) is 8.42 Å². The number of carbonyl (C=O) groups is 1. The molecule has 0 saturated heterocycles. The lowest BCUT2D eigenvalue weighted by Gasteiger charge is -2.15. The Morgan fingerprint density at radius 2 is 1.79 bits per heavy atom. The summed E-state index contributed by atoms with van der Waals surface area (Å²) in [7, 11) is -3.67. The van der Waals surface area contributed by atoms with Crippen LogP contribution in [0.2, 0.25) is 0 Å². The third-order valence-electron chi connectivity index (χ3n) is 2.03. The number of carboxylic acids is 1. The Morgan fingerprint density at radius 3 is 2.16 bits per heavy atom. The van der Waals surface area contributed by atoms with E-state index in [1.54, 1.807) is 0 Å². The lowest BCUT2D eigenvalue weighted by molar-refractivity contribution is -0.137. The van der Waals surface area contributed by atoms with Crippen LogP contribution in [0.4, 0.5) is 0 Å². The van der Waals surface area contributed by atoms with Crippen LogP contribution >= 0.6 is 0 Å². The van der Waals surface area contributed by atoms with Gasteiger partial charge in [-0.15, -0.1) is 0 Å². The van der Waals surface area contributed by atoms with Gasteiger partial charge in [0.15, 0.2) is 0 Å². The molecule has 3 N–H and O–H groups in total. The van der Waals surface area contributed by atoms with Crippen molar-refractivity contribution in [1.82, 2.24) is 5.32 Å². The average molecular weight is 289 g/mol. The van der Waals surface area contributed by atoms with Crippen LogP contribution in [0, 0.1) is 0 Å². The summed E-state index contributed by atoms with van der Waals surface area (Å²) in [4.78, 5) is 10.6. The molecule has 0 spiro atoms. The average Bonchev–Trinajstić information content (AvgIpc) is 2.27. The predicted molar refractivity (Wildman–Crippen MR) is 72.6 cm³/mol. The zero-order valence-corrected chi connectivity index (χ0v) is 11.7. The van der Waals surface area contributed by atoms with E-state index in [1.165, 1.54) is 0 Å². The topological polar surface area (TPSA) is 104 Å². The minimum atomic E-state index is -3.67. The first-order chi connectivity index (χ1) is 8.74. The highest BCUT2D eigenvalue weighted by Crippen LogP contribution is 2.15. The van der Waals surface area contributed by atoms with Crippen LogP contribution in [0.3, 0.4) is 0 Å². The molecule has 1 atom stereocenters. The third kappa shape index (κ3) is 11.4. The number of rotatable bonds is 5. The first kappa shape index (κ1) is 17.6. The molecule has 1 unspecified atom stereocenters. The van der Waals surface area contributed by atoms with E-state index in [-0.39, 0.29) is 12.5 Å². The number of carboxylic acid groups (broad SMARTS) is 1. The molecule has 0 saturated carbocycles. The zero-order valence-electron chi connectivity index (χ0n) is 10.9. The lowest BCUT2D eigenvalue weighted by Crippen LogP contribution is -2.23. The van der Waals surface area contributed by atoms with E-state index in [2.05, 4.69) is 5.32 Å². The van der Waals surface area contributed by atoms with Crippen LogP contribution in [0.15, 0.2) is 30.3 Å². The van der Waals surface area contributed by atoms with E-state index in [0.29, 0.717) is 6.26 Å². The quantitative estimate of drug-likeness (QED) is 0.706. The van der Waals surface area contributed by atoms with Crippen molar-refractivity contribution in [3.05, 3.63) is 35.9 Å². The van der Waals surface area contributed by atoms with Gasteiger partial charge >= 0.3 is 5.97 Å². The molecule has 0 bridgehead atoms. The molecule has 0 aliphatic rings. The minimum absolute atomic E-state index is 0.0845. The van der Waals surface area contributed by atoms with Crippen LogP contribution in [0.1, 0.15) is 24.9 Å². The van der Waals surface area contributed by atoms with Crippen molar-refractivity contribution in [2.45, 2.75) is 19.4 Å². The highest BCUT2D eigenvalue weighted by Gasteiger charge is 2.13. The molecule has 1 aromatic carbocycles. The van der Waals surface area contributed by atoms with Gasteiger partial charge in [0.1, 0.15) is 0 Å². The molecular formula is C12H19NO5S. The normalized spacial score (nSPS) is 12.2. The molecule has 19 heavy (non-hydrogen) atoms. The first-order valence-electron chi connectivity index (χ1n) is 5.66. The van der Waals surface area contributed by atoms with E-state index in [9.17, 15) is 13.2 Å². The summed E-state index contributed by atoms with van der Waals surface area (Å²) in [5.74, 6) is -0.778. The smallest absolute Gasteiger partial charge is 0.305 e. The summed E-state index contributed by atoms with van der Waals surface area (Å²) in [5.41, 5.74) is 1.02. The van der Waals surface area contributed by atoms with E-state index in [4.69, 9.17) is 9.66 Å². The summed E-state index contributed by atoms with van der Waals surface area (Å²) < 4.78 is 25.9. The van der Waals surface area contributed by atoms with Crippen LogP contribution in [0.25, 0.3) is 0 Å². The van der Waals surface area contributed by atoms with Gasteiger partial charge in [0, 0.05) is 6.04 Å². The Kier molecular flexibility index (Phi) is 7.97. The van der Waals surface area contributed by atoms with Crippen LogP contribution in [0.5, 0.6) is 0 Å². The Balaban J connectivity index is 0.000000555. The monoisotopic (exact) mass is 289 g/mol. The van der Waals surface area contributed by atoms with Gasteiger partial charge < -0.3 is 10.4 Å². The fourth-order valence-electron chi connectivity index (χ4n) is 1.41. The second kappa shape index (κ2) is 8.63. The summed E-state index contributed by atoms with van der Waals surface area (Å²) in [6, 6.07) is 9.56. The largest absolute Gasteiger partial charge is 0.481 e. The number of hydrogen-bond donors (Lipinski definition) is 3. The van der Waals surface area contributed by atoms with Gasteiger partial charge in [-0.1, -0.05) is 37.3 Å². The van der Waals surface area contributed by atoms with E-state index >= 15 is 0 Å². The van der Waals surface area contributed by atoms with Crippen molar-refractivity contribution in [2.24, 2.45) is 0 Å². The molecular weight excluding hydrogens is 270 g/mol. The molecule has 0 aliphatic carbocycles. The fraction of sp³-hybridized carbons (Fsp3) is 0.417. The Morgan fingerprint density at radius 1 is 1.32 bits per heavy atom. The van der Waals surface area contributed by atoms with Gasteiger partial charge in [-0.05, 0) is 12.1 Å². The van der Waals surface area contributed by atoms with Crippen molar-refractivity contribution < 1.29 is 22.9 Å². The lowest BCUT2D eigenvalue weighted by atomic mass is 10.0. The second-order valence-corrected chi connectivity index (χ2v) is 5.32. The van der Waals surface area contributed by atoms with E-state index < -0.39 is 16.1 Å². The second-order valence-electron chi connectivity index (χ2n) is 3.85. The molecule has 0 heterocycles. The van der Waals surface area contributed by atoms with Gasteiger partial charge in [0.2, 0.25) is 0 Å². The van der Waals surface area contributed by atoms with E-state index in [1.807, 2.05) is 37.3 Å². The summed E-state index contributed by atoms with van der Waals surface area (Å²) >= 11 is 0. The Bertz CT molecular complexity index is 464. The van der Waals surface area contributed by atoms with E-state index in [0.717, 1.165) is 12.1 Å². The molecule has 1 aromatic rings. The number of nitrogens with one attached hydrogen (secondary N) is 1. The fourth-order valence-corrected chi connectivity index (χ4v) is 1.41. The van der Waals surface area contributed by atoms with Gasteiger partial charge in [-0.3, -0.25) is 9.35 Å². The highest BCUT2D eigenvalue weighted by atomic mass is 32.2. The number of hydrogen-bond acceptors (Lipinski definition) is 4. The maximum Gasteiger partial charge on any atom is 0.305 e. The Hall–Kier alpha value is -1.44. The van der Waals surface area contributed by atoms with Crippen LogP contribution < -0.4 is 5.32 Å².